The van der Waals surface area contributed by atoms with Crippen LogP contribution in [0.2, 0.25) is 0 Å². The second-order valence-electron chi connectivity index (χ2n) is 1.62. The van der Waals surface area contributed by atoms with Gasteiger partial charge in [-0.15, -0.1) is 0 Å². The molecule has 0 atom stereocenters. The summed E-state index contributed by atoms with van der Waals surface area (Å²) in [7, 11) is 0. The standard InChI is InChI=1S/C6H15N.Co/c1-4-7(5-2)6-3;/h4-6H2,1-3H3;/q;+2. The molecule has 8 heavy (non-hydrogen) atoms. The van der Waals surface area contributed by atoms with Crippen molar-refractivity contribution in [3.8, 4) is 0 Å². The van der Waals surface area contributed by atoms with E-state index in [9.17, 15) is 0 Å². The molecule has 0 fully saturated rings. The fraction of sp³-hybridized carbons (Fsp3) is 1.00. The molecule has 0 aliphatic heterocycles. The van der Waals surface area contributed by atoms with E-state index in [1.807, 2.05) is 0 Å². The first-order valence-electron chi connectivity index (χ1n) is 3.07. The predicted molar refractivity (Wildman–Crippen MR) is 33.5 cm³/mol. The number of nitrogens with zero attached hydrogens (tertiary/aromatic N) is 1. The minimum Gasteiger partial charge on any atom is -0.304 e. The predicted octanol–water partition coefficient (Wildman–Crippen LogP) is 1.35. The molecule has 0 unspecified atom stereocenters. The molecule has 0 saturated carbocycles. The molecule has 0 spiro atoms. The summed E-state index contributed by atoms with van der Waals surface area (Å²) in [5.74, 6) is 0. The van der Waals surface area contributed by atoms with Gasteiger partial charge in [-0.3, -0.25) is 0 Å². The van der Waals surface area contributed by atoms with Gasteiger partial charge in [-0.2, -0.15) is 0 Å². The largest absolute Gasteiger partial charge is 2.00 e. The molecule has 0 aliphatic carbocycles. The molecule has 0 saturated heterocycles. The maximum absolute atomic E-state index is 2.38. The Hall–Kier alpha value is 0.466. The molecule has 0 aromatic rings. The van der Waals surface area contributed by atoms with Crippen molar-refractivity contribution in [2.45, 2.75) is 20.8 Å². The summed E-state index contributed by atoms with van der Waals surface area (Å²) in [6.45, 7) is 10.1. The summed E-state index contributed by atoms with van der Waals surface area (Å²) < 4.78 is 0. The summed E-state index contributed by atoms with van der Waals surface area (Å²) in [6, 6.07) is 0. The first kappa shape index (κ1) is 11.3. The molecule has 0 bridgehead atoms. The minimum atomic E-state index is 0. The van der Waals surface area contributed by atoms with E-state index in [0.29, 0.717) is 0 Å². The summed E-state index contributed by atoms with van der Waals surface area (Å²) in [5.41, 5.74) is 0. The molecule has 0 heterocycles. The molecule has 0 aliphatic rings. The van der Waals surface area contributed by atoms with Crippen molar-refractivity contribution in [2.24, 2.45) is 0 Å². The van der Waals surface area contributed by atoms with Crippen LogP contribution in [0.5, 0.6) is 0 Å². The van der Waals surface area contributed by atoms with Crippen LogP contribution in [-0.2, 0) is 16.8 Å². The van der Waals surface area contributed by atoms with Crippen molar-refractivity contribution in [1.29, 1.82) is 0 Å². The van der Waals surface area contributed by atoms with Gasteiger partial charge in [0.05, 0.1) is 0 Å². The van der Waals surface area contributed by atoms with E-state index < -0.39 is 0 Å². The van der Waals surface area contributed by atoms with Crippen LogP contribution in [0.25, 0.3) is 0 Å². The van der Waals surface area contributed by atoms with Crippen molar-refractivity contribution in [3.05, 3.63) is 0 Å². The monoisotopic (exact) mass is 160 g/mol. The normalized spacial score (nSPS) is 9.00. The van der Waals surface area contributed by atoms with Gasteiger partial charge < -0.3 is 4.90 Å². The Morgan fingerprint density at radius 3 is 1.12 bits per heavy atom. The van der Waals surface area contributed by atoms with Gasteiger partial charge in [-0.25, -0.2) is 0 Å². The van der Waals surface area contributed by atoms with E-state index in [1.54, 1.807) is 0 Å². The Morgan fingerprint density at radius 1 is 0.875 bits per heavy atom. The van der Waals surface area contributed by atoms with Crippen LogP contribution in [0.15, 0.2) is 0 Å². The van der Waals surface area contributed by atoms with Gasteiger partial charge in [0.2, 0.25) is 0 Å². The average Bonchev–Trinajstić information content (AvgIpc) is 1.72. The van der Waals surface area contributed by atoms with E-state index in [4.69, 9.17) is 0 Å². The second kappa shape index (κ2) is 7.47. The third-order valence-corrected chi connectivity index (χ3v) is 1.34. The summed E-state index contributed by atoms with van der Waals surface area (Å²) in [4.78, 5) is 2.38. The second-order valence-corrected chi connectivity index (χ2v) is 1.62. The molecule has 1 radical (unpaired) electrons. The quantitative estimate of drug-likeness (QED) is 0.602. The first-order valence-corrected chi connectivity index (χ1v) is 3.07. The third-order valence-electron chi connectivity index (χ3n) is 1.34. The van der Waals surface area contributed by atoms with Crippen LogP contribution in [0.3, 0.4) is 0 Å². The fourth-order valence-corrected chi connectivity index (χ4v) is 0.671. The SMILES string of the molecule is CCN(CC)CC.[Co+2]. The Balaban J connectivity index is 0. The third kappa shape index (κ3) is 4.62. The van der Waals surface area contributed by atoms with E-state index in [1.165, 1.54) is 19.6 Å². The average molecular weight is 160 g/mol. The van der Waals surface area contributed by atoms with Gasteiger partial charge in [0.1, 0.15) is 0 Å². The summed E-state index contributed by atoms with van der Waals surface area (Å²) in [5, 5.41) is 0. The van der Waals surface area contributed by atoms with E-state index in [2.05, 4.69) is 25.7 Å². The topological polar surface area (TPSA) is 3.24 Å². The van der Waals surface area contributed by atoms with Crippen LogP contribution in [0.1, 0.15) is 20.8 Å². The van der Waals surface area contributed by atoms with Gasteiger partial charge >= 0.3 is 16.8 Å². The Kier molecular flexibility index (Phi) is 10.5. The van der Waals surface area contributed by atoms with Gasteiger partial charge in [0.15, 0.2) is 0 Å². The molecule has 0 aromatic heterocycles. The van der Waals surface area contributed by atoms with Gasteiger partial charge in [-0.1, -0.05) is 20.8 Å². The van der Waals surface area contributed by atoms with Gasteiger partial charge in [-0.05, 0) is 19.6 Å². The van der Waals surface area contributed by atoms with Crippen LogP contribution in [0.4, 0.5) is 0 Å². The Labute approximate surface area is 62.6 Å². The zero-order chi connectivity index (χ0) is 5.70. The Morgan fingerprint density at radius 2 is 1.12 bits per heavy atom. The molecule has 0 amide bonds. The zero-order valence-corrected chi connectivity index (χ0v) is 6.94. The molecule has 0 rings (SSSR count). The summed E-state index contributed by atoms with van der Waals surface area (Å²) in [6.07, 6.45) is 0. The van der Waals surface area contributed by atoms with Crippen LogP contribution >= 0.6 is 0 Å². The molecule has 0 aromatic carbocycles. The molecular formula is C6H15CoN+2. The van der Waals surface area contributed by atoms with Crippen molar-refractivity contribution < 1.29 is 16.8 Å². The van der Waals surface area contributed by atoms with E-state index in [-0.39, 0.29) is 16.8 Å². The molecule has 0 N–H and O–H groups in total. The van der Waals surface area contributed by atoms with Crippen LogP contribution < -0.4 is 0 Å². The van der Waals surface area contributed by atoms with Crippen molar-refractivity contribution >= 4 is 0 Å². The van der Waals surface area contributed by atoms with Gasteiger partial charge in [0, 0.05) is 0 Å². The van der Waals surface area contributed by atoms with E-state index >= 15 is 0 Å². The molecule has 1 nitrogen and oxygen atoms in total. The van der Waals surface area contributed by atoms with E-state index in [0.717, 1.165) is 0 Å². The van der Waals surface area contributed by atoms with Crippen molar-refractivity contribution in [2.75, 3.05) is 19.6 Å². The molecule has 51 valence electrons. The number of rotatable bonds is 3. The molecular weight excluding hydrogens is 145 g/mol. The zero-order valence-electron chi connectivity index (χ0n) is 5.90. The number of hydrogen-bond donors (Lipinski definition) is 0. The maximum atomic E-state index is 2.38. The fourth-order valence-electron chi connectivity index (χ4n) is 0.671. The van der Waals surface area contributed by atoms with Crippen molar-refractivity contribution in [3.63, 3.8) is 0 Å². The summed E-state index contributed by atoms with van der Waals surface area (Å²) >= 11 is 0. The Bertz CT molecular complexity index is 30.0. The van der Waals surface area contributed by atoms with Crippen LogP contribution in [0, 0.1) is 0 Å². The van der Waals surface area contributed by atoms with Crippen LogP contribution in [-0.4, -0.2) is 24.5 Å². The van der Waals surface area contributed by atoms with Gasteiger partial charge in [0.25, 0.3) is 0 Å². The maximum Gasteiger partial charge on any atom is 2.00 e. The number of hydrogen-bond acceptors (Lipinski definition) is 1. The molecule has 2 heteroatoms. The first-order chi connectivity index (χ1) is 3.35. The smallest absolute Gasteiger partial charge is 0.304 e. The minimum absolute atomic E-state index is 0. The van der Waals surface area contributed by atoms with Crippen molar-refractivity contribution in [1.82, 2.24) is 4.90 Å².